The average Bonchev–Trinajstić information content (AvgIpc) is 2.55. The first-order valence-electron chi connectivity index (χ1n) is 7.67. The Balaban J connectivity index is 2.11. The van der Waals surface area contributed by atoms with Gasteiger partial charge in [0.1, 0.15) is 5.82 Å². The Kier molecular flexibility index (Phi) is 5.99. The van der Waals surface area contributed by atoms with Crippen molar-refractivity contribution < 1.29 is 13.2 Å². The number of terminal acetylenes is 1. The minimum atomic E-state index is -3.72. The SMILES string of the molecule is C#CC(C)NS(=O)(=O)c1cccc(N(C)CC2CCCOC2)n1. The number of hydrogen-bond donors (Lipinski definition) is 1. The molecule has 23 heavy (non-hydrogen) atoms. The fourth-order valence-corrected chi connectivity index (χ4v) is 3.65. The Morgan fingerprint density at radius 3 is 3.00 bits per heavy atom. The highest BCUT2D eigenvalue weighted by Gasteiger charge is 2.20. The number of nitrogens with one attached hydrogen (secondary N) is 1. The average molecular weight is 337 g/mol. The van der Waals surface area contributed by atoms with Gasteiger partial charge in [0.15, 0.2) is 5.03 Å². The third-order valence-electron chi connectivity index (χ3n) is 3.74. The van der Waals surface area contributed by atoms with Crippen LogP contribution < -0.4 is 9.62 Å². The Hall–Kier alpha value is -1.62. The van der Waals surface area contributed by atoms with Crippen LogP contribution in [0.1, 0.15) is 19.8 Å². The number of hydrogen-bond acceptors (Lipinski definition) is 5. The first-order chi connectivity index (χ1) is 10.9. The summed E-state index contributed by atoms with van der Waals surface area (Å²) in [5.41, 5.74) is 0. The van der Waals surface area contributed by atoms with Gasteiger partial charge in [0.2, 0.25) is 0 Å². The molecule has 0 radical (unpaired) electrons. The van der Waals surface area contributed by atoms with Crippen LogP contribution in [0.3, 0.4) is 0 Å². The van der Waals surface area contributed by atoms with Gasteiger partial charge in [0.05, 0.1) is 12.6 Å². The van der Waals surface area contributed by atoms with Crippen LogP contribution in [-0.4, -0.2) is 46.2 Å². The van der Waals surface area contributed by atoms with Gasteiger partial charge in [-0.2, -0.15) is 4.72 Å². The molecule has 1 saturated heterocycles. The van der Waals surface area contributed by atoms with Crippen molar-refractivity contribution >= 4 is 15.8 Å². The molecule has 0 spiro atoms. The number of ether oxygens (including phenoxy) is 1. The van der Waals surface area contributed by atoms with E-state index in [0.717, 1.165) is 32.6 Å². The van der Waals surface area contributed by atoms with Crippen LogP contribution in [0.15, 0.2) is 23.2 Å². The smallest absolute Gasteiger partial charge is 0.259 e. The molecule has 2 rings (SSSR count). The molecule has 0 amide bonds. The lowest BCUT2D eigenvalue weighted by Crippen LogP contribution is -2.33. The van der Waals surface area contributed by atoms with Crippen molar-refractivity contribution in [3.63, 3.8) is 0 Å². The summed E-state index contributed by atoms with van der Waals surface area (Å²) in [5, 5.41) is -0.0242. The van der Waals surface area contributed by atoms with E-state index in [9.17, 15) is 8.42 Å². The second-order valence-corrected chi connectivity index (χ2v) is 7.47. The van der Waals surface area contributed by atoms with Crippen molar-refractivity contribution in [2.24, 2.45) is 5.92 Å². The zero-order valence-corrected chi connectivity index (χ0v) is 14.3. The molecule has 0 bridgehead atoms. The van der Waals surface area contributed by atoms with Crippen LogP contribution in [0.4, 0.5) is 5.82 Å². The quantitative estimate of drug-likeness (QED) is 0.791. The van der Waals surface area contributed by atoms with Crippen LogP contribution in [0, 0.1) is 18.3 Å². The number of nitrogens with zero attached hydrogens (tertiary/aromatic N) is 2. The van der Waals surface area contributed by atoms with Gasteiger partial charge in [-0.15, -0.1) is 6.42 Å². The second kappa shape index (κ2) is 7.77. The monoisotopic (exact) mass is 337 g/mol. The maximum atomic E-state index is 12.3. The normalized spacial score (nSPS) is 19.8. The van der Waals surface area contributed by atoms with Gasteiger partial charge in [-0.1, -0.05) is 12.0 Å². The van der Waals surface area contributed by atoms with Gasteiger partial charge >= 0.3 is 0 Å². The van der Waals surface area contributed by atoms with Gasteiger partial charge in [0.25, 0.3) is 10.0 Å². The molecule has 2 unspecified atom stereocenters. The summed E-state index contributed by atoms with van der Waals surface area (Å²) >= 11 is 0. The molecule has 2 atom stereocenters. The molecule has 6 nitrogen and oxygen atoms in total. The van der Waals surface area contributed by atoms with Crippen molar-refractivity contribution in [2.75, 3.05) is 31.7 Å². The van der Waals surface area contributed by atoms with E-state index in [1.165, 1.54) is 6.07 Å². The number of rotatable bonds is 6. The summed E-state index contributed by atoms with van der Waals surface area (Å²) in [6.45, 7) is 3.95. The lowest BCUT2D eigenvalue weighted by Gasteiger charge is -2.27. The van der Waals surface area contributed by atoms with E-state index >= 15 is 0 Å². The zero-order chi connectivity index (χ0) is 16.9. The van der Waals surface area contributed by atoms with Gasteiger partial charge in [0, 0.05) is 20.2 Å². The molecule has 0 aromatic carbocycles. The molecule has 1 aromatic rings. The molecule has 1 aromatic heterocycles. The van der Waals surface area contributed by atoms with Crippen LogP contribution in [-0.2, 0) is 14.8 Å². The van der Waals surface area contributed by atoms with E-state index in [1.54, 1.807) is 19.1 Å². The predicted molar refractivity (Wildman–Crippen MR) is 89.7 cm³/mol. The highest BCUT2D eigenvalue weighted by Crippen LogP contribution is 2.19. The highest BCUT2D eigenvalue weighted by atomic mass is 32.2. The Bertz CT molecular complexity index is 663. The fraction of sp³-hybridized carbons (Fsp3) is 0.562. The summed E-state index contributed by atoms with van der Waals surface area (Å²) in [7, 11) is -1.81. The van der Waals surface area contributed by atoms with Crippen molar-refractivity contribution in [1.29, 1.82) is 0 Å². The summed E-state index contributed by atoms with van der Waals surface area (Å²) in [4.78, 5) is 6.22. The molecular weight excluding hydrogens is 314 g/mol. The maximum Gasteiger partial charge on any atom is 0.259 e. The third-order valence-corrected chi connectivity index (χ3v) is 5.19. The topological polar surface area (TPSA) is 71.5 Å². The molecule has 1 aliphatic heterocycles. The predicted octanol–water partition coefficient (Wildman–Crippen LogP) is 1.24. The van der Waals surface area contributed by atoms with Gasteiger partial charge in [-0.3, -0.25) is 0 Å². The molecule has 1 N–H and O–H groups in total. The van der Waals surface area contributed by atoms with E-state index in [-0.39, 0.29) is 5.03 Å². The van der Waals surface area contributed by atoms with E-state index in [0.29, 0.717) is 11.7 Å². The first kappa shape index (κ1) is 17.7. The minimum absolute atomic E-state index is 0.0242. The van der Waals surface area contributed by atoms with E-state index in [1.807, 2.05) is 11.9 Å². The van der Waals surface area contributed by atoms with E-state index in [2.05, 4.69) is 15.6 Å². The third kappa shape index (κ3) is 4.93. The molecule has 1 fully saturated rings. The van der Waals surface area contributed by atoms with Crippen LogP contribution >= 0.6 is 0 Å². The molecular formula is C16H23N3O3S. The molecule has 126 valence electrons. The Morgan fingerprint density at radius 2 is 2.35 bits per heavy atom. The summed E-state index contributed by atoms with van der Waals surface area (Å²) in [6.07, 6.45) is 7.40. The van der Waals surface area contributed by atoms with Crippen molar-refractivity contribution in [3.8, 4) is 12.3 Å². The van der Waals surface area contributed by atoms with Crippen molar-refractivity contribution in [1.82, 2.24) is 9.71 Å². The van der Waals surface area contributed by atoms with Crippen LogP contribution in [0.5, 0.6) is 0 Å². The molecule has 0 saturated carbocycles. The lowest BCUT2D eigenvalue weighted by atomic mass is 10.0. The maximum absolute atomic E-state index is 12.3. The molecule has 0 aliphatic carbocycles. The Labute approximate surface area is 138 Å². The standard InChI is InChI=1S/C16H23N3O3S/c1-4-13(2)18-23(20,21)16-9-5-8-15(17-16)19(3)11-14-7-6-10-22-12-14/h1,5,8-9,13-14,18H,6-7,10-12H2,2-3H3. The van der Waals surface area contributed by atoms with Gasteiger partial charge in [-0.05, 0) is 37.8 Å². The lowest BCUT2D eigenvalue weighted by molar-refractivity contribution is 0.0576. The van der Waals surface area contributed by atoms with Crippen LogP contribution in [0.25, 0.3) is 0 Å². The number of aromatic nitrogens is 1. The first-order valence-corrected chi connectivity index (χ1v) is 9.15. The summed E-state index contributed by atoms with van der Waals surface area (Å²) in [5.74, 6) is 3.40. The number of pyridine rings is 1. The minimum Gasteiger partial charge on any atom is -0.381 e. The van der Waals surface area contributed by atoms with E-state index in [4.69, 9.17) is 11.2 Å². The summed E-state index contributed by atoms with van der Waals surface area (Å²) < 4.78 is 32.4. The van der Waals surface area contributed by atoms with E-state index < -0.39 is 16.1 Å². The molecule has 7 heteroatoms. The van der Waals surface area contributed by atoms with Crippen LogP contribution in [0.2, 0.25) is 0 Å². The van der Waals surface area contributed by atoms with Gasteiger partial charge in [-0.25, -0.2) is 13.4 Å². The van der Waals surface area contributed by atoms with Crippen molar-refractivity contribution in [3.05, 3.63) is 18.2 Å². The highest BCUT2D eigenvalue weighted by molar-refractivity contribution is 7.89. The number of sulfonamides is 1. The summed E-state index contributed by atoms with van der Waals surface area (Å²) in [6, 6.07) is 4.37. The number of anilines is 1. The fourth-order valence-electron chi connectivity index (χ4n) is 2.53. The van der Waals surface area contributed by atoms with Crippen molar-refractivity contribution in [2.45, 2.75) is 30.8 Å². The second-order valence-electron chi connectivity index (χ2n) is 5.81. The molecule has 2 heterocycles. The Morgan fingerprint density at radius 1 is 1.57 bits per heavy atom. The van der Waals surface area contributed by atoms with Gasteiger partial charge < -0.3 is 9.64 Å². The molecule has 1 aliphatic rings. The zero-order valence-electron chi connectivity index (χ0n) is 13.5. The largest absolute Gasteiger partial charge is 0.381 e.